The number of amides is 3. The van der Waals surface area contributed by atoms with Crippen molar-refractivity contribution in [1.82, 2.24) is 5.01 Å². The molecule has 0 saturated carbocycles. The maximum absolute atomic E-state index is 13.6. The maximum Gasteiger partial charge on any atom is 0.422 e. The third-order valence-electron chi connectivity index (χ3n) is 5.80. The van der Waals surface area contributed by atoms with E-state index in [9.17, 15) is 22.8 Å². The minimum Gasteiger partial charge on any atom is -0.449 e. The Morgan fingerprint density at radius 1 is 1.17 bits per heavy atom. The van der Waals surface area contributed by atoms with Gasteiger partial charge in [0.2, 0.25) is 0 Å². The zero-order valence-electron chi connectivity index (χ0n) is 20.1. The SMILES string of the molecule is CCOC(=O)N(C(=O)N1CC(C)(CCCSC)C(c2ccc(Cl)cc2)=N1)c1ccc(C(F)(F)F)cc1. The number of urea groups is 1. The topological polar surface area (TPSA) is 62.2 Å². The summed E-state index contributed by atoms with van der Waals surface area (Å²) in [5.41, 5.74) is 0.00172. The van der Waals surface area contributed by atoms with Crippen LogP contribution in [-0.4, -0.2) is 48.0 Å². The second-order valence-corrected chi connectivity index (χ2v) is 9.95. The molecule has 0 aromatic heterocycles. The van der Waals surface area contributed by atoms with Gasteiger partial charge in [0.05, 0.1) is 30.1 Å². The number of hydrazone groups is 1. The maximum atomic E-state index is 13.6. The van der Waals surface area contributed by atoms with Gasteiger partial charge in [-0.25, -0.2) is 14.6 Å². The quantitative estimate of drug-likeness (QED) is 0.345. The lowest BCUT2D eigenvalue weighted by Gasteiger charge is -2.28. The summed E-state index contributed by atoms with van der Waals surface area (Å²) in [6.45, 7) is 3.74. The number of thioether (sulfide) groups is 1. The van der Waals surface area contributed by atoms with Gasteiger partial charge >= 0.3 is 18.3 Å². The number of alkyl halides is 3. The molecule has 0 aliphatic carbocycles. The Morgan fingerprint density at radius 3 is 2.36 bits per heavy atom. The van der Waals surface area contributed by atoms with Crippen molar-refractivity contribution in [1.29, 1.82) is 0 Å². The summed E-state index contributed by atoms with van der Waals surface area (Å²) in [7, 11) is 0. The van der Waals surface area contributed by atoms with E-state index in [-0.39, 0.29) is 18.8 Å². The molecule has 1 atom stereocenters. The lowest BCUT2D eigenvalue weighted by Crippen LogP contribution is -2.45. The summed E-state index contributed by atoms with van der Waals surface area (Å²) >= 11 is 7.77. The average Bonchev–Trinajstić information content (AvgIpc) is 3.17. The second kappa shape index (κ2) is 11.6. The van der Waals surface area contributed by atoms with E-state index in [1.807, 2.05) is 25.3 Å². The number of imide groups is 1. The molecular weight excluding hydrogens is 515 g/mol. The first kappa shape index (κ1) is 27.9. The first-order valence-electron chi connectivity index (χ1n) is 11.3. The number of anilines is 1. The number of hydrogen-bond donors (Lipinski definition) is 0. The zero-order valence-corrected chi connectivity index (χ0v) is 21.7. The van der Waals surface area contributed by atoms with Gasteiger partial charge in [-0.2, -0.15) is 34.9 Å². The van der Waals surface area contributed by atoms with E-state index in [1.165, 1.54) is 5.01 Å². The second-order valence-electron chi connectivity index (χ2n) is 8.53. The normalized spacial score (nSPS) is 17.6. The monoisotopic (exact) mass is 541 g/mol. The number of halogens is 4. The molecule has 2 aromatic rings. The minimum absolute atomic E-state index is 0.0189. The predicted octanol–water partition coefficient (Wildman–Crippen LogP) is 7.31. The van der Waals surface area contributed by atoms with E-state index in [4.69, 9.17) is 16.3 Å². The van der Waals surface area contributed by atoms with Gasteiger partial charge in [-0.3, -0.25) is 0 Å². The summed E-state index contributed by atoms with van der Waals surface area (Å²) in [6, 6.07) is 10.1. The molecule has 36 heavy (non-hydrogen) atoms. The Bertz CT molecular complexity index is 1110. The van der Waals surface area contributed by atoms with Gasteiger partial charge in [-0.15, -0.1) is 0 Å². The number of carbonyl (C=O) groups is 2. The van der Waals surface area contributed by atoms with Gasteiger partial charge < -0.3 is 4.74 Å². The molecule has 2 aromatic carbocycles. The highest BCUT2D eigenvalue weighted by atomic mass is 35.5. The molecule has 1 aliphatic heterocycles. The Morgan fingerprint density at radius 2 is 1.81 bits per heavy atom. The fourth-order valence-electron chi connectivity index (χ4n) is 4.01. The van der Waals surface area contributed by atoms with Gasteiger partial charge in [0, 0.05) is 10.4 Å². The Balaban J connectivity index is 1.98. The molecule has 3 amide bonds. The number of nitrogens with zero attached hydrogens (tertiary/aromatic N) is 3. The van der Waals surface area contributed by atoms with Crippen molar-refractivity contribution < 1.29 is 27.5 Å². The number of hydrogen-bond acceptors (Lipinski definition) is 5. The van der Waals surface area contributed by atoms with Gasteiger partial charge in [0.25, 0.3) is 0 Å². The van der Waals surface area contributed by atoms with E-state index in [0.717, 1.165) is 48.4 Å². The van der Waals surface area contributed by atoms with Crippen molar-refractivity contribution in [2.75, 3.05) is 30.1 Å². The van der Waals surface area contributed by atoms with Crippen LogP contribution in [0.3, 0.4) is 0 Å². The van der Waals surface area contributed by atoms with Crippen LogP contribution in [0.4, 0.5) is 28.4 Å². The molecule has 0 N–H and O–H groups in total. The van der Waals surface area contributed by atoms with Crippen LogP contribution in [0.15, 0.2) is 53.6 Å². The first-order valence-corrected chi connectivity index (χ1v) is 13.1. The van der Waals surface area contributed by atoms with E-state index < -0.39 is 29.3 Å². The highest BCUT2D eigenvalue weighted by Crippen LogP contribution is 2.37. The molecule has 0 spiro atoms. The molecular formula is C25H27ClF3N3O3S. The van der Waals surface area contributed by atoms with Crippen LogP contribution in [0.5, 0.6) is 0 Å². The number of rotatable bonds is 7. The van der Waals surface area contributed by atoms with E-state index in [2.05, 4.69) is 5.10 Å². The molecule has 1 unspecified atom stereocenters. The molecule has 3 rings (SSSR count). The Labute approximate surface area is 217 Å². The largest absolute Gasteiger partial charge is 0.449 e. The minimum atomic E-state index is -4.55. The molecule has 6 nitrogen and oxygen atoms in total. The van der Waals surface area contributed by atoms with Crippen LogP contribution in [0.25, 0.3) is 0 Å². The van der Waals surface area contributed by atoms with Crippen LogP contribution in [0, 0.1) is 5.41 Å². The number of benzene rings is 2. The average molecular weight is 542 g/mol. The molecule has 0 fully saturated rings. The molecule has 1 aliphatic rings. The summed E-state index contributed by atoms with van der Waals surface area (Å²) < 4.78 is 44.2. The molecule has 11 heteroatoms. The van der Waals surface area contributed by atoms with E-state index in [0.29, 0.717) is 15.6 Å². The van der Waals surface area contributed by atoms with Crippen molar-refractivity contribution in [3.8, 4) is 0 Å². The van der Waals surface area contributed by atoms with Crippen LogP contribution < -0.4 is 4.90 Å². The van der Waals surface area contributed by atoms with Crippen LogP contribution in [0.2, 0.25) is 5.02 Å². The van der Waals surface area contributed by atoms with Crippen LogP contribution in [-0.2, 0) is 10.9 Å². The fraction of sp³-hybridized carbons (Fsp3) is 0.400. The molecule has 0 bridgehead atoms. The standard InChI is InChI=1S/C25H27ClF3N3O3S/c1-4-35-23(34)32(20-12-8-18(9-13-20)25(27,28)29)22(33)31-16-24(2,14-5-15-36-3)21(30-31)17-6-10-19(26)11-7-17/h6-13H,4-5,14-16H2,1-3H3. The van der Waals surface area contributed by atoms with E-state index >= 15 is 0 Å². The highest BCUT2D eigenvalue weighted by Gasteiger charge is 2.43. The Hall–Kier alpha value is -2.72. The third kappa shape index (κ3) is 6.34. The van der Waals surface area contributed by atoms with E-state index in [1.54, 1.807) is 30.8 Å². The highest BCUT2D eigenvalue weighted by molar-refractivity contribution is 7.98. The summed E-state index contributed by atoms with van der Waals surface area (Å²) in [5.74, 6) is 0.929. The van der Waals surface area contributed by atoms with Crippen molar-refractivity contribution in [2.45, 2.75) is 32.9 Å². The van der Waals surface area contributed by atoms with Gasteiger partial charge in [0.1, 0.15) is 0 Å². The smallest absolute Gasteiger partial charge is 0.422 e. The summed E-state index contributed by atoms with van der Waals surface area (Å²) in [4.78, 5) is 27.1. The molecule has 194 valence electrons. The lowest BCUT2D eigenvalue weighted by molar-refractivity contribution is -0.137. The predicted molar refractivity (Wildman–Crippen MR) is 137 cm³/mol. The fourth-order valence-corrected chi connectivity index (χ4v) is 4.57. The van der Waals surface area contributed by atoms with Crippen molar-refractivity contribution >= 4 is 46.9 Å². The van der Waals surface area contributed by atoms with Crippen molar-refractivity contribution in [3.05, 3.63) is 64.7 Å². The number of ether oxygens (including phenoxy) is 1. The van der Waals surface area contributed by atoms with Gasteiger partial charge in [0.15, 0.2) is 0 Å². The molecule has 1 heterocycles. The van der Waals surface area contributed by atoms with Crippen molar-refractivity contribution in [2.24, 2.45) is 10.5 Å². The van der Waals surface area contributed by atoms with Gasteiger partial charge in [-0.1, -0.05) is 30.7 Å². The third-order valence-corrected chi connectivity index (χ3v) is 6.75. The number of carbonyl (C=O) groups excluding carboxylic acids is 2. The molecule has 0 saturated heterocycles. The Kier molecular flexibility index (Phi) is 8.94. The zero-order chi connectivity index (χ0) is 26.5. The lowest BCUT2D eigenvalue weighted by atomic mass is 9.78. The molecule has 0 radical (unpaired) electrons. The summed E-state index contributed by atoms with van der Waals surface area (Å²) in [5, 5.41) is 6.33. The van der Waals surface area contributed by atoms with Crippen LogP contribution in [0.1, 0.15) is 37.8 Å². The van der Waals surface area contributed by atoms with Crippen LogP contribution >= 0.6 is 23.4 Å². The first-order chi connectivity index (χ1) is 17.0. The van der Waals surface area contributed by atoms with Crippen molar-refractivity contribution in [3.63, 3.8) is 0 Å². The summed E-state index contributed by atoms with van der Waals surface area (Å²) in [6.07, 6.45) is -1.92. The van der Waals surface area contributed by atoms with Gasteiger partial charge in [-0.05, 0) is 73.7 Å².